The van der Waals surface area contributed by atoms with E-state index in [0.717, 1.165) is 17.7 Å². The molecule has 0 bridgehead atoms. The van der Waals surface area contributed by atoms with E-state index in [-0.39, 0.29) is 12.3 Å². The van der Waals surface area contributed by atoms with Gasteiger partial charge in [-0.05, 0) is 24.1 Å². The Labute approximate surface area is 123 Å². The molecule has 0 radical (unpaired) electrons. The molecule has 2 aromatic carbocycles. The van der Waals surface area contributed by atoms with Crippen LogP contribution in [0, 0.1) is 10.1 Å². The SMILES string of the molecule is CCc1ccc(OCc2cccc([N+](=O)[O-])c2NC)cc1. The number of hydrogen-bond donors (Lipinski definition) is 1. The molecular weight excluding hydrogens is 268 g/mol. The van der Waals surface area contributed by atoms with Crippen LogP contribution in [0.5, 0.6) is 5.75 Å². The molecule has 0 aromatic heterocycles. The number of benzene rings is 2. The number of anilines is 1. The van der Waals surface area contributed by atoms with E-state index in [1.807, 2.05) is 30.3 Å². The molecule has 0 unspecified atom stereocenters. The van der Waals surface area contributed by atoms with Crippen LogP contribution in [-0.2, 0) is 13.0 Å². The molecule has 5 heteroatoms. The van der Waals surface area contributed by atoms with Crippen LogP contribution in [0.1, 0.15) is 18.1 Å². The van der Waals surface area contributed by atoms with Crippen molar-refractivity contribution >= 4 is 11.4 Å². The fourth-order valence-electron chi connectivity index (χ4n) is 2.13. The fraction of sp³-hybridized carbons (Fsp3) is 0.250. The highest BCUT2D eigenvalue weighted by molar-refractivity contribution is 5.65. The zero-order valence-electron chi connectivity index (χ0n) is 12.1. The highest BCUT2D eigenvalue weighted by atomic mass is 16.6. The third-order valence-corrected chi connectivity index (χ3v) is 3.30. The topological polar surface area (TPSA) is 64.4 Å². The standard InChI is InChI=1S/C16H18N2O3/c1-3-12-7-9-14(10-8-12)21-11-13-5-4-6-15(18(19)20)16(13)17-2/h4-10,17H,3,11H2,1-2H3. The van der Waals surface area contributed by atoms with E-state index in [9.17, 15) is 10.1 Å². The molecule has 0 saturated carbocycles. The summed E-state index contributed by atoms with van der Waals surface area (Å²) in [6.07, 6.45) is 0.981. The Hall–Kier alpha value is -2.56. The third kappa shape index (κ3) is 3.51. The number of nitro groups is 1. The van der Waals surface area contributed by atoms with Gasteiger partial charge >= 0.3 is 0 Å². The summed E-state index contributed by atoms with van der Waals surface area (Å²) in [5, 5.41) is 13.9. The van der Waals surface area contributed by atoms with E-state index in [1.54, 1.807) is 13.1 Å². The number of ether oxygens (including phenoxy) is 1. The van der Waals surface area contributed by atoms with Gasteiger partial charge in [0.25, 0.3) is 5.69 Å². The molecule has 1 N–H and O–H groups in total. The highest BCUT2D eigenvalue weighted by Gasteiger charge is 2.16. The molecule has 0 amide bonds. The lowest BCUT2D eigenvalue weighted by Crippen LogP contribution is -2.04. The molecule has 21 heavy (non-hydrogen) atoms. The van der Waals surface area contributed by atoms with Gasteiger partial charge in [-0.3, -0.25) is 10.1 Å². The second-order valence-electron chi connectivity index (χ2n) is 4.60. The molecule has 2 aromatic rings. The second kappa shape index (κ2) is 6.74. The normalized spacial score (nSPS) is 10.2. The van der Waals surface area contributed by atoms with Crippen LogP contribution in [0.25, 0.3) is 0 Å². The van der Waals surface area contributed by atoms with Gasteiger partial charge in [0.1, 0.15) is 18.0 Å². The van der Waals surface area contributed by atoms with Crippen LogP contribution in [0.2, 0.25) is 0 Å². The van der Waals surface area contributed by atoms with Crippen molar-refractivity contribution in [3.8, 4) is 5.75 Å². The molecule has 5 nitrogen and oxygen atoms in total. The van der Waals surface area contributed by atoms with Gasteiger partial charge in [-0.25, -0.2) is 0 Å². The fourth-order valence-corrected chi connectivity index (χ4v) is 2.13. The zero-order valence-corrected chi connectivity index (χ0v) is 12.1. The predicted octanol–water partition coefficient (Wildman–Crippen LogP) is 3.78. The molecular formula is C16H18N2O3. The molecule has 0 aliphatic carbocycles. The lowest BCUT2D eigenvalue weighted by atomic mass is 10.1. The van der Waals surface area contributed by atoms with E-state index < -0.39 is 4.92 Å². The van der Waals surface area contributed by atoms with Crippen molar-refractivity contribution in [3.63, 3.8) is 0 Å². The maximum atomic E-state index is 11.0. The van der Waals surface area contributed by atoms with Gasteiger partial charge in [0.15, 0.2) is 0 Å². The lowest BCUT2D eigenvalue weighted by Gasteiger charge is -2.11. The van der Waals surface area contributed by atoms with Gasteiger partial charge in [-0.2, -0.15) is 0 Å². The summed E-state index contributed by atoms with van der Waals surface area (Å²) in [6, 6.07) is 12.8. The Morgan fingerprint density at radius 2 is 1.90 bits per heavy atom. The van der Waals surface area contributed by atoms with Crippen molar-refractivity contribution in [2.24, 2.45) is 0 Å². The summed E-state index contributed by atoms with van der Waals surface area (Å²) in [6.45, 7) is 2.38. The van der Waals surface area contributed by atoms with Gasteiger partial charge < -0.3 is 10.1 Å². The largest absolute Gasteiger partial charge is 0.489 e. The van der Waals surface area contributed by atoms with Crippen molar-refractivity contribution < 1.29 is 9.66 Å². The van der Waals surface area contributed by atoms with Gasteiger partial charge in [-0.1, -0.05) is 31.2 Å². The molecule has 0 aliphatic rings. The molecule has 0 fully saturated rings. The molecule has 0 spiro atoms. The Morgan fingerprint density at radius 3 is 2.48 bits per heavy atom. The number of nitrogens with zero attached hydrogens (tertiary/aromatic N) is 1. The predicted molar refractivity (Wildman–Crippen MR) is 82.8 cm³/mol. The number of nitrogens with one attached hydrogen (secondary N) is 1. The van der Waals surface area contributed by atoms with E-state index in [4.69, 9.17) is 4.74 Å². The van der Waals surface area contributed by atoms with Crippen molar-refractivity contribution in [3.05, 3.63) is 63.7 Å². The van der Waals surface area contributed by atoms with Gasteiger partial charge in [-0.15, -0.1) is 0 Å². The van der Waals surface area contributed by atoms with E-state index in [0.29, 0.717) is 5.69 Å². The summed E-state index contributed by atoms with van der Waals surface area (Å²) in [5.74, 6) is 0.751. The monoisotopic (exact) mass is 286 g/mol. The van der Waals surface area contributed by atoms with Crippen LogP contribution in [0.15, 0.2) is 42.5 Å². The van der Waals surface area contributed by atoms with Crippen molar-refractivity contribution in [2.45, 2.75) is 20.0 Å². The average molecular weight is 286 g/mol. The number of para-hydroxylation sites is 1. The Bertz CT molecular complexity index is 624. The number of aryl methyl sites for hydroxylation is 1. The summed E-state index contributed by atoms with van der Waals surface area (Å²) in [5.41, 5.74) is 2.55. The first-order chi connectivity index (χ1) is 10.2. The summed E-state index contributed by atoms with van der Waals surface area (Å²) in [7, 11) is 1.67. The Kier molecular flexibility index (Phi) is 4.77. The number of hydrogen-bond acceptors (Lipinski definition) is 4. The minimum atomic E-state index is -0.397. The molecule has 0 heterocycles. The zero-order chi connectivity index (χ0) is 15.2. The van der Waals surface area contributed by atoms with E-state index in [2.05, 4.69) is 12.2 Å². The van der Waals surface area contributed by atoms with Crippen LogP contribution in [-0.4, -0.2) is 12.0 Å². The number of nitro benzene ring substituents is 1. The lowest BCUT2D eigenvalue weighted by molar-refractivity contribution is -0.384. The molecule has 2 rings (SSSR count). The van der Waals surface area contributed by atoms with Crippen LogP contribution < -0.4 is 10.1 Å². The minimum Gasteiger partial charge on any atom is -0.489 e. The quantitative estimate of drug-likeness (QED) is 0.648. The maximum absolute atomic E-state index is 11.0. The number of rotatable bonds is 6. The van der Waals surface area contributed by atoms with E-state index >= 15 is 0 Å². The highest BCUT2D eigenvalue weighted by Crippen LogP contribution is 2.28. The summed E-state index contributed by atoms with van der Waals surface area (Å²) >= 11 is 0. The summed E-state index contributed by atoms with van der Waals surface area (Å²) in [4.78, 5) is 10.6. The maximum Gasteiger partial charge on any atom is 0.292 e. The van der Waals surface area contributed by atoms with Crippen LogP contribution in [0.4, 0.5) is 11.4 Å². The second-order valence-corrected chi connectivity index (χ2v) is 4.60. The van der Waals surface area contributed by atoms with Crippen LogP contribution >= 0.6 is 0 Å². The summed E-state index contributed by atoms with van der Waals surface area (Å²) < 4.78 is 5.71. The molecule has 0 atom stereocenters. The molecule has 0 aliphatic heterocycles. The van der Waals surface area contributed by atoms with Gasteiger partial charge in [0.05, 0.1) is 4.92 Å². The van der Waals surface area contributed by atoms with Gasteiger partial charge in [0.2, 0.25) is 0 Å². The van der Waals surface area contributed by atoms with Gasteiger partial charge in [0, 0.05) is 18.7 Å². The Morgan fingerprint density at radius 1 is 1.19 bits per heavy atom. The average Bonchev–Trinajstić information content (AvgIpc) is 2.52. The van der Waals surface area contributed by atoms with Crippen molar-refractivity contribution in [1.29, 1.82) is 0 Å². The van der Waals surface area contributed by atoms with Crippen LogP contribution in [0.3, 0.4) is 0 Å². The first-order valence-corrected chi connectivity index (χ1v) is 6.81. The first kappa shape index (κ1) is 14.8. The molecule has 0 saturated heterocycles. The molecule has 110 valence electrons. The Balaban J connectivity index is 2.15. The van der Waals surface area contributed by atoms with E-state index in [1.165, 1.54) is 11.6 Å². The first-order valence-electron chi connectivity index (χ1n) is 6.81. The smallest absolute Gasteiger partial charge is 0.292 e. The van der Waals surface area contributed by atoms with Crippen molar-refractivity contribution in [2.75, 3.05) is 12.4 Å². The minimum absolute atomic E-state index is 0.0555. The third-order valence-electron chi connectivity index (χ3n) is 3.30. The van der Waals surface area contributed by atoms with Crippen molar-refractivity contribution in [1.82, 2.24) is 0 Å².